The first-order chi connectivity index (χ1) is 10.2. The van der Waals surface area contributed by atoms with Crippen LogP contribution in [0.25, 0.3) is 0 Å². The maximum Gasteiger partial charge on any atom is 0.407 e. The average molecular weight is 347 g/mol. The summed E-state index contributed by atoms with van der Waals surface area (Å²) in [6, 6.07) is 1.97. The van der Waals surface area contributed by atoms with Gasteiger partial charge in [0.25, 0.3) is 0 Å². The van der Waals surface area contributed by atoms with E-state index >= 15 is 0 Å². The molecule has 1 rings (SSSR count). The quantitative estimate of drug-likeness (QED) is 0.760. The molecule has 2 N–H and O–H groups in total. The minimum absolute atomic E-state index is 0.145. The zero-order chi connectivity index (χ0) is 16.8. The van der Waals surface area contributed by atoms with E-state index in [0.29, 0.717) is 6.54 Å². The van der Waals surface area contributed by atoms with Crippen LogP contribution < -0.4 is 10.6 Å². The second-order valence-corrected chi connectivity index (χ2v) is 7.86. The van der Waals surface area contributed by atoms with Crippen molar-refractivity contribution >= 4 is 29.0 Å². The van der Waals surface area contributed by atoms with Gasteiger partial charge in [0.2, 0.25) is 0 Å². The predicted molar refractivity (Wildman–Crippen MR) is 93.7 cm³/mol. The van der Waals surface area contributed by atoms with Gasteiger partial charge in [-0.2, -0.15) is 0 Å². The molecule has 1 aromatic rings. The van der Waals surface area contributed by atoms with Crippen molar-refractivity contribution < 1.29 is 9.53 Å². The first-order valence-corrected chi connectivity index (χ1v) is 8.90. The van der Waals surface area contributed by atoms with Crippen LogP contribution >= 0.6 is 22.9 Å². The van der Waals surface area contributed by atoms with Crippen LogP contribution in [0.1, 0.15) is 52.3 Å². The number of carbonyl (C=O) groups is 1. The number of hydrogen-bond acceptors (Lipinski definition) is 4. The molecule has 0 saturated heterocycles. The van der Waals surface area contributed by atoms with Gasteiger partial charge < -0.3 is 15.4 Å². The van der Waals surface area contributed by atoms with Crippen LogP contribution in [0.2, 0.25) is 5.02 Å². The topological polar surface area (TPSA) is 50.4 Å². The molecule has 126 valence electrons. The van der Waals surface area contributed by atoms with Gasteiger partial charge in [0.05, 0.1) is 5.02 Å². The number of carbonyl (C=O) groups excluding carboxylic acids is 1. The van der Waals surface area contributed by atoms with Crippen molar-refractivity contribution in [3.63, 3.8) is 0 Å². The summed E-state index contributed by atoms with van der Waals surface area (Å²) in [6.45, 7) is 11.1. The maximum atomic E-state index is 11.8. The summed E-state index contributed by atoms with van der Waals surface area (Å²) in [5, 5.41) is 9.14. The summed E-state index contributed by atoms with van der Waals surface area (Å²) >= 11 is 7.59. The molecule has 1 heterocycles. The smallest absolute Gasteiger partial charge is 0.407 e. The molecular weight excluding hydrogens is 320 g/mol. The molecule has 0 fully saturated rings. The van der Waals surface area contributed by atoms with Crippen molar-refractivity contribution in [2.24, 2.45) is 0 Å². The van der Waals surface area contributed by atoms with Crippen LogP contribution in [-0.4, -0.2) is 23.8 Å². The molecule has 0 aromatic carbocycles. The standard InChI is InChI=1S/C16H27ClN2O2S/c1-6-16(7-2,11-18-14(20)21-15(3,4)5)19-9-13-8-12(17)10-22-13/h8,10,19H,6-7,9,11H2,1-5H3,(H,18,20). The molecule has 22 heavy (non-hydrogen) atoms. The molecule has 0 unspecified atom stereocenters. The third-order valence-electron chi connectivity index (χ3n) is 3.58. The minimum Gasteiger partial charge on any atom is -0.444 e. The molecule has 4 nitrogen and oxygen atoms in total. The number of nitrogens with one attached hydrogen (secondary N) is 2. The highest BCUT2D eigenvalue weighted by Crippen LogP contribution is 2.21. The fourth-order valence-electron chi connectivity index (χ4n) is 2.09. The molecule has 0 aliphatic rings. The van der Waals surface area contributed by atoms with Crippen molar-refractivity contribution in [3.05, 3.63) is 21.3 Å². The Kier molecular flexibility index (Phi) is 7.16. The number of halogens is 1. The van der Waals surface area contributed by atoms with E-state index in [1.807, 2.05) is 32.2 Å². The summed E-state index contributed by atoms with van der Waals surface area (Å²) < 4.78 is 5.30. The Morgan fingerprint density at radius 2 is 1.95 bits per heavy atom. The van der Waals surface area contributed by atoms with Crippen molar-refractivity contribution in [2.75, 3.05) is 6.54 Å². The number of rotatable bonds is 7. The van der Waals surface area contributed by atoms with E-state index in [-0.39, 0.29) is 11.6 Å². The number of alkyl carbamates (subject to hydrolysis) is 1. The first kappa shape index (κ1) is 19.3. The molecule has 0 spiro atoms. The summed E-state index contributed by atoms with van der Waals surface area (Å²) in [4.78, 5) is 13.0. The van der Waals surface area contributed by atoms with E-state index in [4.69, 9.17) is 16.3 Å². The lowest BCUT2D eigenvalue weighted by Crippen LogP contribution is -2.53. The van der Waals surface area contributed by atoms with Crippen LogP contribution in [0.3, 0.4) is 0 Å². The molecule has 1 aromatic heterocycles. The van der Waals surface area contributed by atoms with Crippen LogP contribution in [0.4, 0.5) is 4.79 Å². The van der Waals surface area contributed by atoms with E-state index in [0.717, 1.165) is 24.4 Å². The highest BCUT2D eigenvalue weighted by atomic mass is 35.5. The van der Waals surface area contributed by atoms with Gasteiger partial charge in [-0.3, -0.25) is 0 Å². The van der Waals surface area contributed by atoms with Crippen molar-refractivity contribution in [2.45, 2.75) is 65.1 Å². The second kappa shape index (κ2) is 8.18. The molecule has 6 heteroatoms. The van der Waals surface area contributed by atoms with E-state index < -0.39 is 5.60 Å². The zero-order valence-corrected chi connectivity index (χ0v) is 15.7. The van der Waals surface area contributed by atoms with Gasteiger partial charge in [-0.25, -0.2) is 4.79 Å². The van der Waals surface area contributed by atoms with E-state index in [1.165, 1.54) is 4.88 Å². The molecule has 0 aliphatic heterocycles. The van der Waals surface area contributed by atoms with Crippen LogP contribution in [-0.2, 0) is 11.3 Å². The van der Waals surface area contributed by atoms with Gasteiger partial charge in [-0.15, -0.1) is 11.3 Å². The van der Waals surface area contributed by atoms with Crippen LogP contribution in [0, 0.1) is 0 Å². The van der Waals surface area contributed by atoms with Gasteiger partial charge in [-0.05, 0) is 39.7 Å². The van der Waals surface area contributed by atoms with Crippen LogP contribution in [0.15, 0.2) is 11.4 Å². The van der Waals surface area contributed by atoms with E-state index in [9.17, 15) is 4.79 Å². The third kappa shape index (κ3) is 6.55. The minimum atomic E-state index is -0.480. The fourth-order valence-corrected chi connectivity index (χ4v) is 3.10. The Hall–Kier alpha value is -0.780. The van der Waals surface area contributed by atoms with Gasteiger partial charge >= 0.3 is 6.09 Å². The third-order valence-corrected chi connectivity index (χ3v) is 4.87. The number of thiophene rings is 1. The summed E-state index contributed by atoms with van der Waals surface area (Å²) in [6.07, 6.45) is 1.45. The Morgan fingerprint density at radius 3 is 2.41 bits per heavy atom. The Balaban J connectivity index is 2.56. The van der Waals surface area contributed by atoms with E-state index in [2.05, 4.69) is 24.5 Å². The molecule has 0 bridgehead atoms. The summed E-state index contributed by atoms with van der Waals surface area (Å²) in [5.74, 6) is 0. The lowest BCUT2D eigenvalue weighted by atomic mass is 9.92. The van der Waals surface area contributed by atoms with E-state index in [1.54, 1.807) is 11.3 Å². The maximum absolute atomic E-state index is 11.8. The van der Waals surface area contributed by atoms with Gasteiger partial charge in [0.15, 0.2) is 0 Å². The highest BCUT2D eigenvalue weighted by molar-refractivity contribution is 7.10. The number of ether oxygens (including phenoxy) is 1. The summed E-state index contributed by atoms with van der Waals surface area (Å²) in [5.41, 5.74) is -0.625. The Bertz CT molecular complexity index is 479. The number of hydrogen-bond donors (Lipinski definition) is 2. The van der Waals surface area contributed by atoms with Crippen molar-refractivity contribution in [3.8, 4) is 0 Å². The zero-order valence-electron chi connectivity index (χ0n) is 14.1. The average Bonchev–Trinajstić information content (AvgIpc) is 2.84. The highest BCUT2D eigenvalue weighted by Gasteiger charge is 2.27. The van der Waals surface area contributed by atoms with Crippen molar-refractivity contribution in [1.29, 1.82) is 0 Å². The van der Waals surface area contributed by atoms with Gasteiger partial charge in [-0.1, -0.05) is 25.4 Å². The molecule has 0 saturated carbocycles. The lowest BCUT2D eigenvalue weighted by Gasteiger charge is -2.33. The predicted octanol–water partition coefficient (Wildman–Crippen LogP) is 4.57. The van der Waals surface area contributed by atoms with Crippen molar-refractivity contribution in [1.82, 2.24) is 10.6 Å². The lowest BCUT2D eigenvalue weighted by molar-refractivity contribution is 0.0507. The van der Waals surface area contributed by atoms with Gasteiger partial charge in [0.1, 0.15) is 5.60 Å². The normalized spacial score (nSPS) is 12.3. The Morgan fingerprint density at radius 1 is 1.32 bits per heavy atom. The fraction of sp³-hybridized carbons (Fsp3) is 0.688. The SMILES string of the molecule is CCC(CC)(CNC(=O)OC(C)(C)C)NCc1cc(Cl)cs1. The first-order valence-electron chi connectivity index (χ1n) is 7.64. The largest absolute Gasteiger partial charge is 0.444 e. The molecule has 0 radical (unpaired) electrons. The second-order valence-electron chi connectivity index (χ2n) is 6.43. The molecule has 0 atom stereocenters. The molecular formula is C16H27ClN2O2S. The van der Waals surface area contributed by atoms with Crippen LogP contribution in [0.5, 0.6) is 0 Å². The summed E-state index contributed by atoms with van der Waals surface area (Å²) in [7, 11) is 0. The molecule has 1 amide bonds. The molecule has 0 aliphatic carbocycles. The number of amides is 1. The Labute approximate surface area is 142 Å². The van der Waals surface area contributed by atoms with Gasteiger partial charge in [0, 0.05) is 28.9 Å². The monoisotopic (exact) mass is 346 g/mol.